The number of amides is 2. The summed E-state index contributed by atoms with van der Waals surface area (Å²) < 4.78 is 0. The van der Waals surface area contributed by atoms with E-state index in [2.05, 4.69) is 20.4 Å². The molecule has 2 amide bonds. The second-order valence-electron chi connectivity index (χ2n) is 7.22. The summed E-state index contributed by atoms with van der Waals surface area (Å²) in [6.07, 6.45) is 2.87. The fourth-order valence-corrected chi connectivity index (χ4v) is 3.42. The van der Waals surface area contributed by atoms with Crippen molar-refractivity contribution in [2.45, 2.75) is 38.3 Å². The maximum Gasteiger partial charge on any atom is 0.237 e. The molecule has 0 radical (unpaired) electrons. The summed E-state index contributed by atoms with van der Waals surface area (Å²) in [5.74, 6) is 0.441. The summed E-state index contributed by atoms with van der Waals surface area (Å²) in [5.41, 5.74) is 0. The number of piperazine rings is 2. The van der Waals surface area contributed by atoms with Crippen LogP contribution in [0.5, 0.6) is 0 Å². The van der Waals surface area contributed by atoms with Crippen molar-refractivity contribution < 1.29 is 9.59 Å². The predicted octanol–water partition coefficient (Wildman–Crippen LogP) is -0.0634. The van der Waals surface area contributed by atoms with Crippen LogP contribution in [0, 0.1) is 0 Å². The van der Waals surface area contributed by atoms with Crippen LogP contribution in [0.1, 0.15) is 26.2 Å². The first kappa shape index (κ1) is 23.4. The Morgan fingerprint density at radius 3 is 2.23 bits per heavy atom. The third-order valence-electron chi connectivity index (χ3n) is 5.37. The number of halogens is 2. The van der Waals surface area contributed by atoms with Crippen molar-refractivity contribution in [3.05, 3.63) is 0 Å². The maximum absolute atomic E-state index is 12.2. The number of rotatable bonds is 6. The molecule has 2 saturated heterocycles. The molecule has 3 aliphatic rings. The van der Waals surface area contributed by atoms with Crippen molar-refractivity contribution in [3.63, 3.8) is 0 Å². The fourth-order valence-electron chi connectivity index (χ4n) is 3.42. The van der Waals surface area contributed by atoms with E-state index in [0.29, 0.717) is 12.5 Å². The zero-order valence-corrected chi connectivity index (χ0v) is 17.2. The molecule has 0 spiro atoms. The van der Waals surface area contributed by atoms with Gasteiger partial charge < -0.3 is 20.4 Å². The second kappa shape index (κ2) is 11.3. The Morgan fingerprint density at radius 2 is 1.65 bits per heavy atom. The quantitative estimate of drug-likeness (QED) is 0.642. The van der Waals surface area contributed by atoms with Gasteiger partial charge in [-0.1, -0.05) is 0 Å². The SMILES string of the molecule is CC(C(=O)NC1CC1)N1CCN(CCC(=O)N2CCNCC2)CC1.Cl.Cl. The number of hydrogen-bond donors (Lipinski definition) is 2. The number of nitrogens with one attached hydrogen (secondary N) is 2. The molecule has 26 heavy (non-hydrogen) atoms. The van der Waals surface area contributed by atoms with Gasteiger partial charge in [-0.3, -0.25) is 14.5 Å². The summed E-state index contributed by atoms with van der Waals surface area (Å²) >= 11 is 0. The van der Waals surface area contributed by atoms with E-state index < -0.39 is 0 Å². The third kappa shape index (κ3) is 6.85. The normalized spacial score (nSPS) is 22.7. The van der Waals surface area contributed by atoms with Crippen molar-refractivity contribution >= 4 is 36.6 Å². The molecule has 7 nitrogen and oxygen atoms in total. The maximum atomic E-state index is 12.2. The van der Waals surface area contributed by atoms with Gasteiger partial charge in [-0.2, -0.15) is 0 Å². The van der Waals surface area contributed by atoms with Crippen LogP contribution in [-0.4, -0.2) is 97.5 Å². The second-order valence-corrected chi connectivity index (χ2v) is 7.22. The van der Waals surface area contributed by atoms with Crippen LogP contribution in [0.4, 0.5) is 0 Å². The molecular formula is C17H33Cl2N5O2. The summed E-state index contributed by atoms with van der Waals surface area (Å²) in [6.45, 7) is 10.0. The lowest BCUT2D eigenvalue weighted by molar-refractivity contribution is -0.132. The van der Waals surface area contributed by atoms with Gasteiger partial charge in [0.05, 0.1) is 6.04 Å². The van der Waals surface area contributed by atoms with Crippen molar-refractivity contribution in [1.29, 1.82) is 0 Å². The van der Waals surface area contributed by atoms with Gasteiger partial charge in [0.15, 0.2) is 0 Å². The molecule has 2 N–H and O–H groups in total. The van der Waals surface area contributed by atoms with E-state index in [1.54, 1.807) is 0 Å². The molecule has 0 bridgehead atoms. The topological polar surface area (TPSA) is 67.9 Å². The summed E-state index contributed by atoms with van der Waals surface area (Å²) in [6, 6.07) is 0.382. The van der Waals surface area contributed by atoms with E-state index in [4.69, 9.17) is 0 Å². The Kier molecular flexibility index (Phi) is 10.2. The molecule has 3 fully saturated rings. The molecule has 0 aromatic heterocycles. The molecule has 1 aliphatic carbocycles. The highest BCUT2D eigenvalue weighted by Gasteiger charge is 2.30. The Bertz CT molecular complexity index is 450. The highest BCUT2D eigenvalue weighted by atomic mass is 35.5. The lowest BCUT2D eigenvalue weighted by Gasteiger charge is -2.37. The average molecular weight is 410 g/mol. The van der Waals surface area contributed by atoms with E-state index in [9.17, 15) is 9.59 Å². The highest BCUT2D eigenvalue weighted by Crippen LogP contribution is 2.19. The number of carbonyl (C=O) groups is 2. The van der Waals surface area contributed by atoms with Gasteiger partial charge in [-0.25, -0.2) is 0 Å². The van der Waals surface area contributed by atoms with Crippen molar-refractivity contribution in [3.8, 4) is 0 Å². The van der Waals surface area contributed by atoms with Crippen molar-refractivity contribution in [2.24, 2.45) is 0 Å². The largest absolute Gasteiger partial charge is 0.352 e. The minimum absolute atomic E-state index is 0. The molecule has 1 atom stereocenters. The van der Waals surface area contributed by atoms with E-state index in [0.717, 1.165) is 71.7 Å². The van der Waals surface area contributed by atoms with E-state index in [-0.39, 0.29) is 42.7 Å². The molecule has 0 aromatic carbocycles. The number of nitrogens with zero attached hydrogens (tertiary/aromatic N) is 3. The van der Waals surface area contributed by atoms with Gasteiger partial charge in [0, 0.05) is 71.4 Å². The molecule has 2 aliphatic heterocycles. The minimum Gasteiger partial charge on any atom is -0.352 e. The number of hydrogen-bond acceptors (Lipinski definition) is 5. The number of carbonyl (C=O) groups excluding carboxylic acids is 2. The average Bonchev–Trinajstić information content (AvgIpc) is 3.44. The molecule has 3 rings (SSSR count). The van der Waals surface area contributed by atoms with Crippen LogP contribution in [0.2, 0.25) is 0 Å². The van der Waals surface area contributed by atoms with Gasteiger partial charge in [0.2, 0.25) is 11.8 Å². The van der Waals surface area contributed by atoms with Crippen molar-refractivity contribution in [1.82, 2.24) is 25.3 Å². The Labute approximate surface area is 169 Å². The predicted molar refractivity (Wildman–Crippen MR) is 107 cm³/mol. The van der Waals surface area contributed by atoms with E-state index >= 15 is 0 Å². The van der Waals surface area contributed by atoms with Gasteiger partial charge >= 0.3 is 0 Å². The summed E-state index contributed by atoms with van der Waals surface area (Å²) in [4.78, 5) is 30.9. The Balaban J connectivity index is 0.00000169. The molecule has 1 saturated carbocycles. The van der Waals surface area contributed by atoms with Crippen molar-refractivity contribution in [2.75, 3.05) is 58.9 Å². The van der Waals surface area contributed by atoms with Crippen LogP contribution in [0.15, 0.2) is 0 Å². The fraction of sp³-hybridized carbons (Fsp3) is 0.882. The summed E-state index contributed by atoms with van der Waals surface area (Å²) in [5, 5.41) is 6.36. The van der Waals surface area contributed by atoms with E-state index in [1.165, 1.54) is 0 Å². The zero-order chi connectivity index (χ0) is 16.9. The molecule has 0 aromatic rings. The van der Waals surface area contributed by atoms with E-state index in [1.807, 2.05) is 11.8 Å². The van der Waals surface area contributed by atoms with Crippen LogP contribution in [0.25, 0.3) is 0 Å². The first-order valence-electron chi connectivity index (χ1n) is 9.39. The molecule has 2 heterocycles. The highest BCUT2D eigenvalue weighted by molar-refractivity contribution is 5.85. The smallest absolute Gasteiger partial charge is 0.237 e. The van der Waals surface area contributed by atoms with Gasteiger partial charge in [0.1, 0.15) is 0 Å². The minimum atomic E-state index is -0.0461. The van der Waals surface area contributed by atoms with Crippen LogP contribution in [0.3, 0.4) is 0 Å². The first-order valence-corrected chi connectivity index (χ1v) is 9.39. The lowest BCUT2D eigenvalue weighted by atomic mass is 10.2. The van der Waals surface area contributed by atoms with Crippen LogP contribution >= 0.6 is 24.8 Å². The third-order valence-corrected chi connectivity index (χ3v) is 5.37. The molecule has 152 valence electrons. The van der Waals surface area contributed by atoms with Gasteiger partial charge in [0.25, 0.3) is 0 Å². The molecule has 9 heteroatoms. The Hall–Kier alpha value is -0.600. The standard InChI is InChI=1S/C17H31N5O2.2ClH/c1-14(17(24)19-15-2-3-15)21-12-10-20(11-13-21)7-4-16(23)22-8-5-18-6-9-22;;/h14-15,18H,2-13H2,1H3,(H,19,24);2*1H. The lowest BCUT2D eigenvalue weighted by Crippen LogP contribution is -2.54. The van der Waals surface area contributed by atoms with Crippen LogP contribution in [-0.2, 0) is 9.59 Å². The molecular weight excluding hydrogens is 377 g/mol. The first-order chi connectivity index (χ1) is 11.6. The van der Waals surface area contributed by atoms with Gasteiger partial charge in [-0.05, 0) is 19.8 Å². The zero-order valence-electron chi connectivity index (χ0n) is 15.6. The monoisotopic (exact) mass is 409 g/mol. The summed E-state index contributed by atoms with van der Waals surface area (Å²) in [7, 11) is 0. The van der Waals surface area contributed by atoms with Crippen LogP contribution < -0.4 is 10.6 Å². The Morgan fingerprint density at radius 1 is 1.04 bits per heavy atom. The van der Waals surface area contributed by atoms with Gasteiger partial charge in [-0.15, -0.1) is 24.8 Å². The molecule has 1 unspecified atom stereocenters.